The maximum Gasteiger partial charge on any atom is 0.221 e. The monoisotopic (exact) mass is 200 g/mol. The Labute approximate surface area is 85.2 Å². The molecule has 0 bridgehead atoms. The molecule has 1 fully saturated rings. The van der Waals surface area contributed by atoms with Crippen molar-refractivity contribution in [3.63, 3.8) is 0 Å². The van der Waals surface area contributed by atoms with Gasteiger partial charge in [-0.1, -0.05) is 0 Å². The van der Waals surface area contributed by atoms with E-state index in [2.05, 4.69) is 12.2 Å². The Kier molecular flexibility index (Phi) is 3.89. The number of amides is 1. The molecular weight excluding hydrogens is 180 g/mol. The maximum atomic E-state index is 11.5. The summed E-state index contributed by atoms with van der Waals surface area (Å²) in [6.45, 7) is 5.37. The first-order valence-corrected chi connectivity index (χ1v) is 5.16. The van der Waals surface area contributed by atoms with Gasteiger partial charge in [-0.25, -0.2) is 0 Å². The largest absolute Gasteiger partial charge is 0.381 e. The van der Waals surface area contributed by atoms with Crippen LogP contribution in [0.5, 0.6) is 0 Å². The zero-order valence-electron chi connectivity index (χ0n) is 9.01. The van der Waals surface area contributed by atoms with E-state index >= 15 is 0 Å². The van der Waals surface area contributed by atoms with E-state index in [-0.39, 0.29) is 17.5 Å². The van der Waals surface area contributed by atoms with Crippen LogP contribution in [-0.2, 0) is 9.53 Å². The van der Waals surface area contributed by atoms with E-state index in [0.717, 1.165) is 26.1 Å². The molecule has 82 valence electrons. The highest BCUT2D eigenvalue weighted by Crippen LogP contribution is 2.19. The van der Waals surface area contributed by atoms with Crippen molar-refractivity contribution in [1.29, 1.82) is 0 Å². The highest BCUT2D eigenvalue weighted by Gasteiger charge is 2.28. The lowest BCUT2D eigenvalue weighted by atomic mass is 9.92. The Hall–Kier alpha value is -0.610. The van der Waals surface area contributed by atoms with E-state index in [1.165, 1.54) is 0 Å². The molecule has 4 heteroatoms. The molecule has 0 radical (unpaired) electrons. The summed E-state index contributed by atoms with van der Waals surface area (Å²) >= 11 is 0. The van der Waals surface area contributed by atoms with Crippen molar-refractivity contribution in [2.24, 2.45) is 5.73 Å². The van der Waals surface area contributed by atoms with Crippen LogP contribution in [-0.4, -0.2) is 30.7 Å². The molecule has 1 rings (SSSR count). The second-order valence-corrected chi connectivity index (χ2v) is 4.40. The van der Waals surface area contributed by atoms with Gasteiger partial charge < -0.3 is 15.8 Å². The quantitative estimate of drug-likeness (QED) is 0.693. The van der Waals surface area contributed by atoms with Gasteiger partial charge in [0.2, 0.25) is 5.91 Å². The maximum absolute atomic E-state index is 11.5. The van der Waals surface area contributed by atoms with Crippen LogP contribution in [0, 0.1) is 0 Å². The molecule has 1 aliphatic heterocycles. The Balaban J connectivity index is 2.37. The normalized spacial score (nSPS) is 22.8. The number of carbonyl (C=O) groups excluding carboxylic acids is 1. The van der Waals surface area contributed by atoms with E-state index in [1.54, 1.807) is 0 Å². The first-order chi connectivity index (χ1) is 6.52. The predicted octanol–water partition coefficient (Wildman–Crippen LogP) is 0.409. The highest BCUT2D eigenvalue weighted by molar-refractivity contribution is 5.77. The number of rotatable bonds is 3. The standard InChI is InChI=1S/C10H20N2O2/c1-8(11)7-9(13)12-10(2)3-5-14-6-4-10/h8H,3-7,11H2,1-2H3,(H,12,13). The summed E-state index contributed by atoms with van der Waals surface area (Å²) in [5, 5.41) is 3.03. The van der Waals surface area contributed by atoms with Crippen LogP contribution in [0.4, 0.5) is 0 Å². The SMILES string of the molecule is CC(N)CC(=O)NC1(C)CCOCC1. The number of nitrogens with one attached hydrogen (secondary N) is 1. The summed E-state index contributed by atoms with van der Waals surface area (Å²) in [5.74, 6) is 0.0457. The third-order valence-corrected chi connectivity index (χ3v) is 2.54. The van der Waals surface area contributed by atoms with Crippen LogP contribution < -0.4 is 11.1 Å². The van der Waals surface area contributed by atoms with Crippen LogP contribution in [0.15, 0.2) is 0 Å². The lowest BCUT2D eigenvalue weighted by molar-refractivity contribution is -0.124. The number of hydrogen-bond donors (Lipinski definition) is 2. The second kappa shape index (κ2) is 4.75. The lowest BCUT2D eigenvalue weighted by Gasteiger charge is -2.34. The smallest absolute Gasteiger partial charge is 0.221 e. The molecular formula is C10H20N2O2. The summed E-state index contributed by atoms with van der Waals surface area (Å²) in [4.78, 5) is 11.5. The van der Waals surface area contributed by atoms with Gasteiger partial charge in [-0.05, 0) is 26.7 Å². The van der Waals surface area contributed by atoms with Gasteiger partial charge in [0.1, 0.15) is 0 Å². The van der Waals surface area contributed by atoms with Gasteiger partial charge in [0, 0.05) is 31.2 Å². The molecule has 0 aliphatic carbocycles. The number of nitrogens with two attached hydrogens (primary N) is 1. The molecule has 0 saturated carbocycles. The molecule has 14 heavy (non-hydrogen) atoms. The number of ether oxygens (including phenoxy) is 1. The molecule has 0 aromatic carbocycles. The molecule has 0 aromatic rings. The van der Waals surface area contributed by atoms with Gasteiger partial charge in [0.05, 0.1) is 0 Å². The fraction of sp³-hybridized carbons (Fsp3) is 0.900. The first-order valence-electron chi connectivity index (χ1n) is 5.16. The molecule has 4 nitrogen and oxygen atoms in total. The molecule has 3 N–H and O–H groups in total. The lowest BCUT2D eigenvalue weighted by Crippen LogP contribution is -2.50. The molecule has 1 aliphatic rings. The summed E-state index contributed by atoms with van der Waals surface area (Å²) in [5.41, 5.74) is 5.46. The van der Waals surface area contributed by atoms with E-state index < -0.39 is 0 Å². The molecule has 1 atom stereocenters. The second-order valence-electron chi connectivity index (χ2n) is 4.40. The summed E-state index contributed by atoms with van der Waals surface area (Å²) < 4.78 is 5.25. The van der Waals surface area contributed by atoms with Crippen molar-refractivity contribution in [3.05, 3.63) is 0 Å². The third-order valence-electron chi connectivity index (χ3n) is 2.54. The topological polar surface area (TPSA) is 64.4 Å². The van der Waals surface area contributed by atoms with Crippen LogP contribution in [0.2, 0.25) is 0 Å². The van der Waals surface area contributed by atoms with Crippen LogP contribution >= 0.6 is 0 Å². The minimum atomic E-state index is -0.0930. The van der Waals surface area contributed by atoms with E-state index in [4.69, 9.17) is 10.5 Å². The summed E-state index contributed by atoms with van der Waals surface area (Å²) in [7, 11) is 0. The van der Waals surface area contributed by atoms with Crippen LogP contribution in [0.3, 0.4) is 0 Å². The number of carbonyl (C=O) groups is 1. The van der Waals surface area contributed by atoms with Crippen molar-refractivity contribution in [1.82, 2.24) is 5.32 Å². The summed E-state index contributed by atoms with van der Waals surface area (Å²) in [6.07, 6.45) is 2.17. The zero-order valence-corrected chi connectivity index (χ0v) is 9.01. The fourth-order valence-corrected chi connectivity index (χ4v) is 1.63. The Bertz CT molecular complexity index is 198. The van der Waals surface area contributed by atoms with Gasteiger partial charge in [-0.2, -0.15) is 0 Å². The van der Waals surface area contributed by atoms with E-state index in [0.29, 0.717) is 6.42 Å². The fourth-order valence-electron chi connectivity index (χ4n) is 1.63. The van der Waals surface area contributed by atoms with Gasteiger partial charge >= 0.3 is 0 Å². The Morgan fingerprint density at radius 3 is 2.64 bits per heavy atom. The van der Waals surface area contributed by atoms with Gasteiger partial charge in [0.25, 0.3) is 0 Å². The van der Waals surface area contributed by atoms with E-state index in [1.807, 2.05) is 6.92 Å². The molecule has 1 saturated heterocycles. The minimum Gasteiger partial charge on any atom is -0.381 e. The molecule has 0 spiro atoms. The minimum absolute atomic E-state index is 0.0457. The highest BCUT2D eigenvalue weighted by atomic mass is 16.5. The van der Waals surface area contributed by atoms with Gasteiger partial charge in [0.15, 0.2) is 0 Å². The molecule has 1 heterocycles. The Morgan fingerprint density at radius 1 is 1.57 bits per heavy atom. The molecule has 1 unspecified atom stereocenters. The predicted molar refractivity (Wildman–Crippen MR) is 54.9 cm³/mol. The van der Waals surface area contributed by atoms with Gasteiger partial charge in [-0.15, -0.1) is 0 Å². The van der Waals surface area contributed by atoms with Crippen molar-refractivity contribution < 1.29 is 9.53 Å². The summed E-state index contributed by atoms with van der Waals surface area (Å²) in [6, 6.07) is -0.0709. The first kappa shape index (κ1) is 11.5. The van der Waals surface area contributed by atoms with Crippen LogP contribution in [0.25, 0.3) is 0 Å². The number of hydrogen-bond acceptors (Lipinski definition) is 3. The van der Waals surface area contributed by atoms with E-state index in [9.17, 15) is 4.79 Å². The van der Waals surface area contributed by atoms with Crippen molar-refractivity contribution in [3.8, 4) is 0 Å². The molecule has 0 aromatic heterocycles. The van der Waals surface area contributed by atoms with Crippen LogP contribution in [0.1, 0.15) is 33.1 Å². The zero-order chi connectivity index (χ0) is 10.6. The average molecular weight is 200 g/mol. The molecule has 1 amide bonds. The van der Waals surface area contributed by atoms with Gasteiger partial charge in [-0.3, -0.25) is 4.79 Å². The third kappa shape index (κ3) is 3.64. The average Bonchev–Trinajstić information content (AvgIpc) is 2.02. The van der Waals surface area contributed by atoms with Crippen molar-refractivity contribution in [2.75, 3.05) is 13.2 Å². The van der Waals surface area contributed by atoms with Crippen molar-refractivity contribution in [2.45, 2.75) is 44.7 Å². The van der Waals surface area contributed by atoms with Crippen molar-refractivity contribution >= 4 is 5.91 Å². The Morgan fingerprint density at radius 2 is 2.14 bits per heavy atom.